The van der Waals surface area contributed by atoms with Crippen LogP contribution >= 0.6 is 11.6 Å². The molecule has 0 amide bonds. The number of methoxy groups -OCH3 is 2. The van der Waals surface area contributed by atoms with Gasteiger partial charge in [0.15, 0.2) is 0 Å². The molecule has 0 aliphatic rings. The van der Waals surface area contributed by atoms with E-state index in [9.17, 15) is 4.79 Å². The topological polar surface area (TPSA) is 113 Å². The van der Waals surface area contributed by atoms with Crippen molar-refractivity contribution in [2.75, 3.05) is 19.5 Å². The van der Waals surface area contributed by atoms with Crippen molar-refractivity contribution in [1.82, 2.24) is 15.0 Å². The summed E-state index contributed by atoms with van der Waals surface area (Å²) in [6, 6.07) is 6.84. The van der Waals surface area contributed by atoms with Crippen LogP contribution in [0.25, 0.3) is 10.9 Å². The Balaban J connectivity index is 1.96. The van der Waals surface area contributed by atoms with E-state index in [4.69, 9.17) is 26.3 Å². The molecule has 0 saturated heterocycles. The molecule has 2 heterocycles. The largest absolute Gasteiger partial charge is 0.495 e. The summed E-state index contributed by atoms with van der Waals surface area (Å²) in [5, 5.41) is 13.2. The predicted molar refractivity (Wildman–Crippen MR) is 101 cm³/mol. The Morgan fingerprint density at radius 2 is 2.11 bits per heavy atom. The predicted octanol–water partition coefficient (Wildman–Crippen LogP) is 3.03. The van der Waals surface area contributed by atoms with Crippen LogP contribution in [0.3, 0.4) is 0 Å². The Bertz CT molecular complexity index is 1110. The number of aromatic nitrogens is 3. The lowest BCUT2D eigenvalue weighted by molar-refractivity contribution is 0.396. The second-order valence-electron chi connectivity index (χ2n) is 5.69. The first-order valence-corrected chi connectivity index (χ1v) is 8.33. The molecule has 0 aliphatic carbocycles. The number of ether oxygens (including phenoxy) is 2. The maximum absolute atomic E-state index is 12.5. The first-order chi connectivity index (χ1) is 13.0. The molecule has 138 valence electrons. The number of aromatic amines is 1. The third-order valence-electron chi connectivity index (χ3n) is 4.05. The third kappa shape index (κ3) is 3.50. The van der Waals surface area contributed by atoms with Gasteiger partial charge in [-0.2, -0.15) is 10.2 Å². The van der Waals surface area contributed by atoms with Gasteiger partial charge in [-0.3, -0.25) is 4.79 Å². The van der Waals surface area contributed by atoms with Crippen molar-refractivity contribution in [1.29, 1.82) is 5.26 Å². The highest BCUT2D eigenvalue weighted by atomic mass is 35.5. The van der Waals surface area contributed by atoms with Gasteiger partial charge in [0.05, 0.1) is 32.0 Å². The van der Waals surface area contributed by atoms with Gasteiger partial charge in [0.2, 0.25) is 11.8 Å². The Hall–Kier alpha value is -3.31. The van der Waals surface area contributed by atoms with Crippen molar-refractivity contribution in [2.45, 2.75) is 13.0 Å². The minimum atomic E-state index is -0.406. The standard InChI is InChI=1S/C18H16ClN5O3/c1-9(22-18-21-8-11(7-20)17(24-18)27-3)12-6-10-4-5-13(26-2)14(19)15(10)23-16(12)25/h4-6,8-9H,1-3H3,(H,23,25)(H,21,22,24). The fourth-order valence-corrected chi connectivity index (χ4v) is 2.95. The van der Waals surface area contributed by atoms with Crippen LogP contribution in [-0.4, -0.2) is 29.2 Å². The number of rotatable bonds is 5. The number of nitriles is 1. The summed E-state index contributed by atoms with van der Waals surface area (Å²) in [4.78, 5) is 23.5. The SMILES string of the molecule is COc1ccc2cc(C(C)Nc3ncc(C#N)c(OC)n3)c(=O)[nH]c2c1Cl. The van der Waals surface area contributed by atoms with Crippen LogP contribution in [0.2, 0.25) is 5.02 Å². The number of hydrogen-bond donors (Lipinski definition) is 2. The Morgan fingerprint density at radius 1 is 1.33 bits per heavy atom. The maximum Gasteiger partial charge on any atom is 0.253 e. The minimum absolute atomic E-state index is 0.161. The molecule has 1 atom stereocenters. The van der Waals surface area contributed by atoms with E-state index >= 15 is 0 Å². The zero-order valence-electron chi connectivity index (χ0n) is 14.8. The number of hydrogen-bond acceptors (Lipinski definition) is 7. The zero-order chi connectivity index (χ0) is 19.6. The number of H-pyrrole nitrogens is 1. The average Bonchev–Trinajstić information content (AvgIpc) is 2.68. The van der Waals surface area contributed by atoms with Crippen molar-refractivity contribution in [3.63, 3.8) is 0 Å². The summed E-state index contributed by atoms with van der Waals surface area (Å²) < 4.78 is 10.2. The van der Waals surface area contributed by atoms with E-state index < -0.39 is 6.04 Å². The van der Waals surface area contributed by atoms with Gasteiger partial charge in [-0.25, -0.2) is 4.98 Å². The van der Waals surface area contributed by atoms with E-state index in [0.29, 0.717) is 21.9 Å². The van der Waals surface area contributed by atoms with Gasteiger partial charge in [0, 0.05) is 10.9 Å². The van der Waals surface area contributed by atoms with Crippen LogP contribution in [0.15, 0.2) is 29.2 Å². The lowest BCUT2D eigenvalue weighted by atomic mass is 10.1. The van der Waals surface area contributed by atoms with Crippen molar-refractivity contribution in [3.05, 3.63) is 50.9 Å². The molecule has 0 bridgehead atoms. The molecule has 9 heteroatoms. The van der Waals surface area contributed by atoms with E-state index in [1.54, 1.807) is 19.1 Å². The molecule has 0 saturated carbocycles. The van der Waals surface area contributed by atoms with Crippen molar-refractivity contribution < 1.29 is 9.47 Å². The smallest absolute Gasteiger partial charge is 0.253 e. The fourth-order valence-electron chi connectivity index (χ4n) is 2.66. The second kappa shape index (κ2) is 7.51. The van der Waals surface area contributed by atoms with Crippen molar-refractivity contribution >= 4 is 28.5 Å². The molecule has 0 aliphatic heterocycles. The fraction of sp³-hybridized carbons (Fsp3) is 0.222. The summed E-state index contributed by atoms with van der Waals surface area (Å²) in [6.45, 7) is 1.80. The number of anilines is 1. The molecule has 0 spiro atoms. The number of pyridine rings is 1. The molecule has 3 rings (SSSR count). The van der Waals surface area contributed by atoms with Gasteiger partial charge in [0.1, 0.15) is 22.4 Å². The molecule has 2 aromatic heterocycles. The molecule has 3 aromatic rings. The first-order valence-electron chi connectivity index (χ1n) is 7.95. The number of benzene rings is 1. The molecule has 0 fully saturated rings. The lowest BCUT2D eigenvalue weighted by Crippen LogP contribution is -2.20. The molecule has 1 aromatic carbocycles. The highest BCUT2D eigenvalue weighted by Crippen LogP contribution is 2.31. The van der Waals surface area contributed by atoms with Crippen molar-refractivity contribution in [3.8, 4) is 17.7 Å². The summed E-state index contributed by atoms with van der Waals surface area (Å²) in [5.74, 6) is 0.885. The Kier molecular flexibility index (Phi) is 5.14. The maximum atomic E-state index is 12.5. The van der Waals surface area contributed by atoms with Gasteiger partial charge < -0.3 is 19.8 Å². The van der Waals surface area contributed by atoms with Gasteiger partial charge in [-0.05, 0) is 25.1 Å². The van der Waals surface area contributed by atoms with Crippen LogP contribution in [-0.2, 0) is 0 Å². The summed E-state index contributed by atoms with van der Waals surface area (Å²) in [7, 11) is 2.93. The first kappa shape index (κ1) is 18.5. The van der Waals surface area contributed by atoms with E-state index in [2.05, 4.69) is 20.3 Å². The Morgan fingerprint density at radius 3 is 2.78 bits per heavy atom. The lowest BCUT2D eigenvalue weighted by Gasteiger charge is -2.15. The number of nitrogens with zero attached hydrogens (tertiary/aromatic N) is 3. The van der Waals surface area contributed by atoms with Crippen LogP contribution < -0.4 is 20.3 Å². The summed E-state index contributed by atoms with van der Waals surface area (Å²) >= 11 is 6.27. The van der Waals surface area contributed by atoms with E-state index in [1.165, 1.54) is 20.4 Å². The zero-order valence-corrected chi connectivity index (χ0v) is 15.6. The number of fused-ring (bicyclic) bond motifs is 1. The molecular formula is C18H16ClN5O3. The van der Waals surface area contributed by atoms with E-state index in [0.717, 1.165) is 5.39 Å². The summed E-state index contributed by atoms with van der Waals surface area (Å²) in [6.07, 6.45) is 1.36. The Labute approximate surface area is 159 Å². The number of nitrogens with one attached hydrogen (secondary N) is 2. The van der Waals surface area contributed by atoms with Crippen LogP contribution in [0.4, 0.5) is 5.95 Å². The molecule has 8 nitrogen and oxygen atoms in total. The monoisotopic (exact) mass is 385 g/mol. The molecule has 1 unspecified atom stereocenters. The van der Waals surface area contributed by atoms with Gasteiger partial charge in [-0.15, -0.1) is 0 Å². The highest BCUT2D eigenvalue weighted by Gasteiger charge is 2.16. The second-order valence-corrected chi connectivity index (χ2v) is 6.07. The minimum Gasteiger partial charge on any atom is -0.495 e. The van der Waals surface area contributed by atoms with E-state index in [-0.39, 0.29) is 23.0 Å². The average molecular weight is 386 g/mol. The van der Waals surface area contributed by atoms with Crippen LogP contribution in [0.1, 0.15) is 24.1 Å². The molecular weight excluding hydrogens is 370 g/mol. The van der Waals surface area contributed by atoms with Crippen LogP contribution in [0.5, 0.6) is 11.6 Å². The summed E-state index contributed by atoms with van der Waals surface area (Å²) in [5.41, 5.74) is 0.921. The quantitative estimate of drug-likeness (QED) is 0.693. The normalized spacial score (nSPS) is 11.7. The number of halogens is 1. The van der Waals surface area contributed by atoms with Gasteiger partial charge in [-0.1, -0.05) is 11.6 Å². The van der Waals surface area contributed by atoms with Gasteiger partial charge >= 0.3 is 0 Å². The van der Waals surface area contributed by atoms with Crippen LogP contribution in [0, 0.1) is 11.3 Å². The molecule has 27 heavy (non-hydrogen) atoms. The molecule has 0 radical (unpaired) electrons. The van der Waals surface area contributed by atoms with Gasteiger partial charge in [0.25, 0.3) is 5.56 Å². The third-order valence-corrected chi connectivity index (χ3v) is 4.43. The van der Waals surface area contributed by atoms with Crippen molar-refractivity contribution in [2.24, 2.45) is 0 Å². The highest BCUT2D eigenvalue weighted by molar-refractivity contribution is 6.36. The molecule has 2 N–H and O–H groups in total. The van der Waals surface area contributed by atoms with E-state index in [1.807, 2.05) is 12.1 Å².